The van der Waals surface area contributed by atoms with Crippen molar-refractivity contribution in [2.24, 2.45) is 11.5 Å². The van der Waals surface area contributed by atoms with Gasteiger partial charge in [-0.05, 0) is 12.8 Å². The maximum absolute atomic E-state index is 12.3. The van der Waals surface area contributed by atoms with Gasteiger partial charge >= 0.3 is 0 Å². The second-order valence-electron chi connectivity index (χ2n) is 4.59. The minimum atomic E-state index is -0.862. The zero-order valence-corrected chi connectivity index (χ0v) is 9.36. The maximum atomic E-state index is 12.3. The van der Waals surface area contributed by atoms with Gasteiger partial charge in [0.25, 0.3) is 0 Å². The summed E-state index contributed by atoms with van der Waals surface area (Å²) in [5.74, 6) is -0.0136. The molecule has 1 aromatic carbocycles. The highest BCUT2D eigenvalue weighted by atomic mass is 16.1. The van der Waals surface area contributed by atoms with Gasteiger partial charge in [-0.2, -0.15) is 0 Å². The van der Waals surface area contributed by atoms with Crippen molar-refractivity contribution in [1.29, 1.82) is 0 Å². The lowest BCUT2D eigenvalue weighted by molar-refractivity contribution is 0.0823. The largest absolute Gasteiger partial charge is 0.326 e. The molecular formula is C13H18N2O. The van der Waals surface area contributed by atoms with Gasteiger partial charge in [-0.3, -0.25) is 4.79 Å². The van der Waals surface area contributed by atoms with Crippen LogP contribution in [0.3, 0.4) is 0 Å². The van der Waals surface area contributed by atoms with Gasteiger partial charge in [0, 0.05) is 11.6 Å². The average molecular weight is 218 g/mol. The Hall–Kier alpha value is -1.19. The van der Waals surface area contributed by atoms with Crippen molar-refractivity contribution in [1.82, 2.24) is 0 Å². The van der Waals surface area contributed by atoms with Crippen molar-refractivity contribution in [3.05, 3.63) is 35.9 Å². The second-order valence-corrected chi connectivity index (χ2v) is 4.59. The Morgan fingerprint density at radius 1 is 1.25 bits per heavy atom. The third kappa shape index (κ3) is 1.88. The number of benzene rings is 1. The molecule has 4 N–H and O–H groups in total. The number of hydrogen-bond acceptors (Lipinski definition) is 3. The van der Waals surface area contributed by atoms with Crippen molar-refractivity contribution < 1.29 is 4.79 Å². The zero-order valence-electron chi connectivity index (χ0n) is 9.36. The molecule has 0 bridgehead atoms. The Morgan fingerprint density at radius 3 is 2.56 bits per heavy atom. The van der Waals surface area contributed by atoms with Gasteiger partial charge in [0.05, 0.1) is 5.54 Å². The third-order valence-corrected chi connectivity index (χ3v) is 3.48. The fourth-order valence-electron chi connectivity index (χ4n) is 2.36. The number of hydrogen-bond donors (Lipinski definition) is 2. The molecule has 0 heterocycles. The molecule has 0 amide bonds. The fourth-order valence-corrected chi connectivity index (χ4v) is 2.36. The Kier molecular flexibility index (Phi) is 3.08. The lowest BCUT2D eigenvalue weighted by Gasteiger charge is -2.37. The third-order valence-electron chi connectivity index (χ3n) is 3.48. The fraction of sp³-hybridized carbons (Fsp3) is 0.462. The number of rotatable bonds is 2. The van der Waals surface area contributed by atoms with E-state index in [2.05, 4.69) is 0 Å². The van der Waals surface area contributed by atoms with Crippen LogP contribution in [0.15, 0.2) is 30.3 Å². The molecule has 1 fully saturated rings. The van der Waals surface area contributed by atoms with E-state index in [-0.39, 0.29) is 11.8 Å². The number of nitrogens with two attached hydrogens (primary N) is 2. The Balaban J connectivity index is 2.26. The minimum absolute atomic E-state index is 0.0136. The van der Waals surface area contributed by atoms with Gasteiger partial charge in [0.15, 0.2) is 5.78 Å². The van der Waals surface area contributed by atoms with Crippen LogP contribution in [-0.2, 0) is 0 Å². The molecule has 2 unspecified atom stereocenters. The van der Waals surface area contributed by atoms with Crippen LogP contribution in [0.2, 0.25) is 0 Å². The molecule has 16 heavy (non-hydrogen) atoms. The van der Waals surface area contributed by atoms with Gasteiger partial charge in [-0.1, -0.05) is 43.2 Å². The van der Waals surface area contributed by atoms with Crippen molar-refractivity contribution in [2.45, 2.75) is 37.3 Å². The van der Waals surface area contributed by atoms with E-state index in [4.69, 9.17) is 11.5 Å². The molecule has 0 aromatic heterocycles. The normalized spacial score (nSPS) is 30.0. The first-order chi connectivity index (χ1) is 7.64. The summed E-state index contributed by atoms with van der Waals surface area (Å²) in [4.78, 5) is 12.3. The van der Waals surface area contributed by atoms with E-state index >= 15 is 0 Å². The molecule has 1 aromatic rings. The number of carbonyl (C=O) groups is 1. The molecule has 0 aliphatic heterocycles. The first kappa shape index (κ1) is 11.3. The standard InChI is InChI=1S/C13H18N2O/c14-11-8-4-5-9-13(11,15)12(16)10-6-2-1-3-7-10/h1-3,6-7,11H,4-5,8-9,14-15H2. The highest BCUT2D eigenvalue weighted by Crippen LogP contribution is 2.28. The van der Waals surface area contributed by atoms with E-state index in [0.29, 0.717) is 12.0 Å². The van der Waals surface area contributed by atoms with Crippen LogP contribution in [-0.4, -0.2) is 17.4 Å². The molecule has 0 radical (unpaired) electrons. The number of ketones is 1. The van der Waals surface area contributed by atoms with Gasteiger partial charge in [0.2, 0.25) is 0 Å². The highest BCUT2D eigenvalue weighted by molar-refractivity contribution is 6.03. The average Bonchev–Trinajstić information content (AvgIpc) is 2.33. The lowest BCUT2D eigenvalue weighted by Crippen LogP contribution is -2.62. The predicted octanol–water partition coefficient (Wildman–Crippen LogP) is 1.47. The minimum Gasteiger partial charge on any atom is -0.326 e. The molecule has 0 saturated heterocycles. The summed E-state index contributed by atoms with van der Waals surface area (Å²) in [5, 5.41) is 0. The Bertz CT molecular complexity index is 377. The molecular weight excluding hydrogens is 200 g/mol. The summed E-state index contributed by atoms with van der Waals surface area (Å²) >= 11 is 0. The van der Waals surface area contributed by atoms with Crippen molar-refractivity contribution in [3.8, 4) is 0 Å². The first-order valence-corrected chi connectivity index (χ1v) is 5.79. The Morgan fingerprint density at radius 2 is 1.94 bits per heavy atom. The van der Waals surface area contributed by atoms with Crippen LogP contribution >= 0.6 is 0 Å². The topological polar surface area (TPSA) is 69.1 Å². The summed E-state index contributed by atoms with van der Waals surface area (Å²) in [5.41, 5.74) is 12.0. The van der Waals surface area contributed by atoms with E-state index in [1.807, 2.05) is 18.2 Å². The SMILES string of the molecule is NC1CCCCC1(N)C(=O)c1ccccc1. The van der Waals surface area contributed by atoms with Gasteiger partial charge in [0.1, 0.15) is 0 Å². The van der Waals surface area contributed by atoms with Crippen LogP contribution in [0.25, 0.3) is 0 Å². The summed E-state index contributed by atoms with van der Waals surface area (Å²) in [7, 11) is 0. The highest BCUT2D eigenvalue weighted by Gasteiger charge is 2.41. The van der Waals surface area contributed by atoms with E-state index < -0.39 is 5.54 Å². The molecule has 2 atom stereocenters. The summed E-state index contributed by atoms with van der Waals surface area (Å²) < 4.78 is 0. The van der Waals surface area contributed by atoms with Crippen LogP contribution in [0.4, 0.5) is 0 Å². The van der Waals surface area contributed by atoms with Crippen LogP contribution in [0.1, 0.15) is 36.0 Å². The Labute approximate surface area is 95.8 Å². The van der Waals surface area contributed by atoms with Crippen molar-refractivity contribution >= 4 is 5.78 Å². The maximum Gasteiger partial charge on any atom is 0.184 e. The molecule has 86 valence electrons. The number of carbonyl (C=O) groups excluding carboxylic acids is 1. The molecule has 1 aliphatic carbocycles. The molecule has 1 aliphatic rings. The van der Waals surface area contributed by atoms with Crippen molar-refractivity contribution in [2.75, 3.05) is 0 Å². The quantitative estimate of drug-likeness (QED) is 0.738. The molecule has 1 saturated carbocycles. The molecule has 2 rings (SSSR count). The van der Waals surface area contributed by atoms with Gasteiger partial charge in [-0.15, -0.1) is 0 Å². The zero-order chi connectivity index (χ0) is 11.6. The summed E-state index contributed by atoms with van der Waals surface area (Å²) in [6.07, 6.45) is 3.60. The summed E-state index contributed by atoms with van der Waals surface area (Å²) in [6.45, 7) is 0. The van der Waals surface area contributed by atoms with Crippen LogP contribution in [0.5, 0.6) is 0 Å². The molecule has 3 heteroatoms. The van der Waals surface area contributed by atoms with E-state index in [1.54, 1.807) is 12.1 Å². The molecule has 3 nitrogen and oxygen atoms in total. The van der Waals surface area contributed by atoms with E-state index in [1.165, 1.54) is 0 Å². The number of Topliss-reactive ketones (excluding diaryl/α,β-unsaturated/α-hetero) is 1. The van der Waals surface area contributed by atoms with E-state index in [0.717, 1.165) is 19.3 Å². The van der Waals surface area contributed by atoms with Gasteiger partial charge in [-0.25, -0.2) is 0 Å². The lowest BCUT2D eigenvalue weighted by atomic mass is 9.74. The molecule has 0 spiro atoms. The first-order valence-electron chi connectivity index (χ1n) is 5.79. The van der Waals surface area contributed by atoms with Crippen molar-refractivity contribution in [3.63, 3.8) is 0 Å². The van der Waals surface area contributed by atoms with Gasteiger partial charge < -0.3 is 11.5 Å². The van der Waals surface area contributed by atoms with E-state index in [9.17, 15) is 4.79 Å². The smallest absolute Gasteiger partial charge is 0.184 e. The predicted molar refractivity (Wildman–Crippen MR) is 64.1 cm³/mol. The second kappa shape index (κ2) is 4.36. The summed E-state index contributed by atoms with van der Waals surface area (Å²) in [6, 6.07) is 8.99. The monoisotopic (exact) mass is 218 g/mol. The van der Waals surface area contributed by atoms with Crippen LogP contribution < -0.4 is 11.5 Å². The van der Waals surface area contributed by atoms with Crippen LogP contribution in [0, 0.1) is 0 Å².